The zero-order valence-corrected chi connectivity index (χ0v) is 8.52. The lowest BCUT2D eigenvalue weighted by atomic mass is 10.1. The van der Waals surface area contributed by atoms with Gasteiger partial charge in [-0.2, -0.15) is 0 Å². The van der Waals surface area contributed by atoms with E-state index in [1.54, 1.807) is 12.2 Å². The van der Waals surface area contributed by atoms with Crippen LogP contribution >= 0.6 is 0 Å². The first-order chi connectivity index (χ1) is 7.63. The smallest absolute Gasteiger partial charge is 0.307 e. The summed E-state index contributed by atoms with van der Waals surface area (Å²) in [6, 6.07) is 4.21. The van der Waals surface area contributed by atoms with Gasteiger partial charge in [0.25, 0.3) is 0 Å². The largest absolute Gasteiger partial charge is 0.481 e. The van der Waals surface area contributed by atoms with Gasteiger partial charge in [-0.3, -0.25) is 4.79 Å². The minimum atomic E-state index is -1.08. The van der Waals surface area contributed by atoms with Crippen molar-refractivity contribution in [2.75, 3.05) is 0 Å². The second-order valence-electron chi connectivity index (χ2n) is 3.23. The first kappa shape index (κ1) is 12.1. The Labute approximate surface area is 92.2 Å². The molecule has 3 nitrogen and oxygen atoms in total. The highest BCUT2D eigenvalue weighted by Gasteiger charge is 2.06. The number of hydrogen-bond donors (Lipinski definition) is 1. The zero-order chi connectivity index (χ0) is 12.0. The summed E-state index contributed by atoms with van der Waals surface area (Å²) in [6.45, 7) is 0. The molecule has 0 heterocycles. The molecule has 1 aromatic carbocycles. The number of hydrogen-bond acceptors (Lipinski definition) is 2. The summed E-state index contributed by atoms with van der Waals surface area (Å²) in [7, 11) is 0. The molecule has 0 bridgehead atoms. The molecule has 0 aliphatic rings. The van der Waals surface area contributed by atoms with E-state index in [0.717, 1.165) is 6.29 Å². The summed E-state index contributed by atoms with van der Waals surface area (Å²) in [5, 5.41) is 8.57. The minimum absolute atomic E-state index is 0.140. The molecule has 0 radical (unpaired) electrons. The van der Waals surface area contributed by atoms with Crippen molar-refractivity contribution in [2.45, 2.75) is 12.8 Å². The highest BCUT2D eigenvalue weighted by molar-refractivity contribution is 5.70. The molecule has 0 aliphatic heterocycles. The molecule has 0 fully saturated rings. The zero-order valence-electron chi connectivity index (χ0n) is 8.52. The van der Waals surface area contributed by atoms with Gasteiger partial charge in [0.15, 0.2) is 0 Å². The van der Waals surface area contributed by atoms with Gasteiger partial charge in [0, 0.05) is 6.42 Å². The molecule has 0 saturated carbocycles. The van der Waals surface area contributed by atoms with Crippen molar-refractivity contribution in [2.24, 2.45) is 0 Å². The first-order valence-electron chi connectivity index (χ1n) is 4.74. The normalized spacial score (nSPS) is 10.6. The molecule has 1 aromatic rings. The van der Waals surface area contributed by atoms with E-state index >= 15 is 0 Å². The summed E-state index contributed by atoms with van der Waals surface area (Å²) in [6.07, 6.45) is 3.97. The standard InChI is InChI=1S/C12H11FO3/c13-11-5-4-9(3-1-2-6-14)7-10(11)8-12(15)16/h1,3-7H,2,8H2,(H,15,16). The van der Waals surface area contributed by atoms with Gasteiger partial charge in [0.1, 0.15) is 12.1 Å². The summed E-state index contributed by atoms with van der Waals surface area (Å²) in [5.41, 5.74) is 0.820. The van der Waals surface area contributed by atoms with Crippen molar-refractivity contribution < 1.29 is 19.1 Å². The molecule has 0 aliphatic carbocycles. The van der Waals surface area contributed by atoms with Crippen LogP contribution in [-0.2, 0) is 16.0 Å². The summed E-state index contributed by atoms with van der Waals surface area (Å²) in [5.74, 6) is -1.61. The fraction of sp³-hybridized carbons (Fsp3) is 0.167. The lowest BCUT2D eigenvalue weighted by Crippen LogP contribution is -2.02. The van der Waals surface area contributed by atoms with Gasteiger partial charge in [-0.1, -0.05) is 18.2 Å². The number of allylic oxidation sites excluding steroid dienone is 1. The fourth-order valence-corrected chi connectivity index (χ4v) is 1.26. The van der Waals surface area contributed by atoms with Crippen LogP contribution in [0.15, 0.2) is 24.3 Å². The minimum Gasteiger partial charge on any atom is -0.481 e. The molecule has 84 valence electrons. The topological polar surface area (TPSA) is 54.4 Å². The van der Waals surface area contributed by atoms with Crippen LogP contribution in [0.25, 0.3) is 6.08 Å². The Morgan fingerprint density at radius 2 is 2.19 bits per heavy atom. The average Bonchev–Trinajstić information content (AvgIpc) is 2.22. The van der Waals surface area contributed by atoms with Gasteiger partial charge in [-0.25, -0.2) is 4.39 Å². The van der Waals surface area contributed by atoms with Gasteiger partial charge in [-0.15, -0.1) is 0 Å². The van der Waals surface area contributed by atoms with Crippen molar-refractivity contribution in [3.63, 3.8) is 0 Å². The van der Waals surface area contributed by atoms with E-state index in [1.165, 1.54) is 18.2 Å². The molecular formula is C12H11FO3. The molecule has 4 heteroatoms. The van der Waals surface area contributed by atoms with E-state index < -0.39 is 11.8 Å². The number of benzene rings is 1. The first-order valence-corrected chi connectivity index (χ1v) is 4.74. The molecule has 0 aromatic heterocycles. The molecule has 0 atom stereocenters. The molecular weight excluding hydrogens is 211 g/mol. The predicted molar refractivity (Wildman–Crippen MR) is 57.5 cm³/mol. The number of carbonyl (C=O) groups excluding carboxylic acids is 1. The number of aldehydes is 1. The number of halogens is 1. The summed E-state index contributed by atoms with van der Waals surface area (Å²) >= 11 is 0. The van der Waals surface area contributed by atoms with Crippen LogP contribution < -0.4 is 0 Å². The van der Waals surface area contributed by atoms with Crippen molar-refractivity contribution >= 4 is 18.3 Å². The molecule has 0 saturated heterocycles. The quantitative estimate of drug-likeness (QED) is 0.776. The van der Waals surface area contributed by atoms with E-state index in [0.29, 0.717) is 5.56 Å². The van der Waals surface area contributed by atoms with E-state index in [9.17, 15) is 14.0 Å². The maximum Gasteiger partial charge on any atom is 0.307 e. The average molecular weight is 222 g/mol. The van der Waals surface area contributed by atoms with E-state index in [1.807, 2.05) is 0 Å². The third-order valence-corrected chi connectivity index (χ3v) is 1.95. The van der Waals surface area contributed by atoms with Crippen LogP contribution in [0.2, 0.25) is 0 Å². The van der Waals surface area contributed by atoms with Crippen LogP contribution in [0, 0.1) is 5.82 Å². The number of aliphatic carboxylic acids is 1. The lowest BCUT2D eigenvalue weighted by Gasteiger charge is -2.01. The van der Waals surface area contributed by atoms with Gasteiger partial charge >= 0.3 is 5.97 Å². The Bertz CT molecular complexity index is 424. The van der Waals surface area contributed by atoms with Crippen molar-refractivity contribution in [3.05, 3.63) is 41.2 Å². The molecule has 0 unspecified atom stereocenters. The van der Waals surface area contributed by atoms with Gasteiger partial charge in [-0.05, 0) is 23.3 Å². The number of carbonyl (C=O) groups is 2. The highest BCUT2D eigenvalue weighted by atomic mass is 19.1. The highest BCUT2D eigenvalue weighted by Crippen LogP contribution is 2.12. The monoisotopic (exact) mass is 222 g/mol. The Morgan fingerprint density at radius 1 is 1.44 bits per heavy atom. The Balaban J connectivity index is 2.88. The second-order valence-corrected chi connectivity index (χ2v) is 3.23. The van der Waals surface area contributed by atoms with E-state index in [2.05, 4.69) is 0 Å². The maximum absolute atomic E-state index is 13.2. The van der Waals surface area contributed by atoms with E-state index in [4.69, 9.17) is 5.11 Å². The maximum atomic E-state index is 13.2. The van der Waals surface area contributed by atoms with Crippen LogP contribution in [0.1, 0.15) is 17.5 Å². The van der Waals surface area contributed by atoms with Crippen molar-refractivity contribution in [1.82, 2.24) is 0 Å². The SMILES string of the molecule is O=CCC=Cc1ccc(F)c(CC(=O)O)c1. The molecule has 16 heavy (non-hydrogen) atoms. The third-order valence-electron chi connectivity index (χ3n) is 1.95. The van der Waals surface area contributed by atoms with Crippen LogP contribution in [0.4, 0.5) is 4.39 Å². The van der Waals surface area contributed by atoms with Crippen LogP contribution in [0.3, 0.4) is 0 Å². The van der Waals surface area contributed by atoms with Crippen LogP contribution in [-0.4, -0.2) is 17.4 Å². The third kappa shape index (κ3) is 3.65. The molecule has 1 rings (SSSR count). The van der Waals surface area contributed by atoms with Crippen LogP contribution in [0.5, 0.6) is 0 Å². The Kier molecular flexibility index (Phi) is 4.39. The summed E-state index contributed by atoms with van der Waals surface area (Å²) in [4.78, 5) is 20.5. The Morgan fingerprint density at radius 3 is 2.81 bits per heavy atom. The van der Waals surface area contributed by atoms with Crippen molar-refractivity contribution in [1.29, 1.82) is 0 Å². The van der Waals surface area contributed by atoms with Gasteiger partial charge < -0.3 is 9.90 Å². The number of carboxylic acids is 1. The second kappa shape index (κ2) is 5.80. The molecule has 1 N–H and O–H groups in total. The van der Waals surface area contributed by atoms with Gasteiger partial charge in [0.05, 0.1) is 6.42 Å². The van der Waals surface area contributed by atoms with Crippen molar-refractivity contribution in [3.8, 4) is 0 Å². The fourth-order valence-electron chi connectivity index (χ4n) is 1.26. The molecule has 0 spiro atoms. The summed E-state index contributed by atoms with van der Waals surface area (Å²) < 4.78 is 13.2. The Hall–Kier alpha value is -1.97. The number of rotatable bonds is 5. The van der Waals surface area contributed by atoms with Gasteiger partial charge in [0.2, 0.25) is 0 Å². The number of carboxylic acid groups (broad SMARTS) is 1. The predicted octanol–water partition coefficient (Wildman–Crippen LogP) is 2.06. The lowest BCUT2D eigenvalue weighted by molar-refractivity contribution is -0.136. The van der Waals surface area contributed by atoms with E-state index in [-0.39, 0.29) is 18.4 Å². The molecule has 0 amide bonds.